The minimum absolute atomic E-state index is 0. The number of halogens is 2. The van der Waals surface area contributed by atoms with Crippen LogP contribution in [0, 0.1) is 0 Å². The summed E-state index contributed by atoms with van der Waals surface area (Å²) >= 11 is 0. The summed E-state index contributed by atoms with van der Waals surface area (Å²) in [6.45, 7) is 3.70. The van der Waals surface area contributed by atoms with Crippen LogP contribution in [0.5, 0.6) is 0 Å². The molecule has 1 aliphatic heterocycles. The summed E-state index contributed by atoms with van der Waals surface area (Å²) in [7, 11) is 1.63. The topological polar surface area (TPSA) is 66.5 Å². The minimum Gasteiger partial charge on any atom is -0.383 e. The minimum atomic E-state index is -0.0932. The number of anilines is 2. The number of hydrogen-bond acceptors (Lipinski definition) is 5. The number of amides is 1. The number of ether oxygens (including phenoxy) is 1. The SMILES string of the molecule is COCCNCC(=O)Nc1ccc(N2CCCCC2)cn1.Cl.Cl. The second-order valence-electron chi connectivity index (χ2n) is 5.17. The number of pyridine rings is 1. The second-order valence-corrected chi connectivity index (χ2v) is 5.17. The molecule has 0 spiro atoms. The van der Waals surface area contributed by atoms with E-state index in [1.807, 2.05) is 18.3 Å². The van der Waals surface area contributed by atoms with Crippen molar-refractivity contribution in [3.05, 3.63) is 18.3 Å². The predicted molar refractivity (Wildman–Crippen MR) is 98.2 cm³/mol. The Kier molecular flexibility index (Phi) is 11.8. The van der Waals surface area contributed by atoms with Crippen LogP contribution < -0.4 is 15.5 Å². The number of carbonyl (C=O) groups is 1. The lowest BCUT2D eigenvalue weighted by atomic mass is 10.1. The molecule has 23 heavy (non-hydrogen) atoms. The summed E-state index contributed by atoms with van der Waals surface area (Å²) in [6, 6.07) is 3.88. The zero-order valence-corrected chi connectivity index (χ0v) is 15.0. The number of hydrogen-bond donors (Lipinski definition) is 2. The fourth-order valence-corrected chi connectivity index (χ4v) is 2.36. The van der Waals surface area contributed by atoms with Gasteiger partial charge in [0.1, 0.15) is 5.82 Å². The lowest BCUT2D eigenvalue weighted by Crippen LogP contribution is -2.31. The third-order valence-corrected chi connectivity index (χ3v) is 3.51. The van der Waals surface area contributed by atoms with E-state index in [9.17, 15) is 4.79 Å². The van der Waals surface area contributed by atoms with Crippen molar-refractivity contribution in [3.8, 4) is 0 Å². The molecule has 0 bridgehead atoms. The molecule has 1 aromatic heterocycles. The van der Waals surface area contributed by atoms with Crippen molar-refractivity contribution in [2.75, 3.05) is 50.1 Å². The molecule has 0 atom stereocenters. The number of nitrogens with one attached hydrogen (secondary N) is 2. The maximum absolute atomic E-state index is 11.7. The van der Waals surface area contributed by atoms with E-state index in [0.29, 0.717) is 19.0 Å². The van der Waals surface area contributed by atoms with E-state index in [1.54, 1.807) is 7.11 Å². The highest BCUT2D eigenvalue weighted by molar-refractivity contribution is 5.91. The maximum Gasteiger partial charge on any atom is 0.239 e. The van der Waals surface area contributed by atoms with Gasteiger partial charge in [-0.1, -0.05) is 0 Å². The Balaban J connectivity index is 0.00000242. The van der Waals surface area contributed by atoms with E-state index in [-0.39, 0.29) is 37.3 Å². The van der Waals surface area contributed by atoms with Crippen molar-refractivity contribution in [3.63, 3.8) is 0 Å². The van der Waals surface area contributed by atoms with Gasteiger partial charge in [-0.15, -0.1) is 24.8 Å². The Bertz CT molecular complexity index is 440. The molecule has 1 saturated heterocycles. The van der Waals surface area contributed by atoms with Gasteiger partial charge in [-0.25, -0.2) is 4.98 Å². The van der Waals surface area contributed by atoms with Gasteiger partial charge in [0.05, 0.1) is 25.0 Å². The first-order valence-corrected chi connectivity index (χ1v) is 7.50. The van der Waals surface area contributed by atoms with Gasteiger partial charge >= 0.3 is 0 Å². The van der Waals surface area contributed by atoms with Crippen LogP contribution in [0.15, 0.2) is 18.3 Å². The molecule has 1 aliphatic rings. The van der Waals surface area contributed by atoms with Gasteiger partial charge < -0.3 is 20.3 Å². The number of rotatable bonds is 7. The molecule has 2 heterocycles. The monoisotopic (exact) mass is 364 g/mol. The number of carbonyl (C=O) groups excluding carboxylic acids is 1. The molecule has 0 aromatic carbocycles. The molecule has 0 saturated carbocycles. The van der Waals surface area contributed by atoms with Crippen molar-refractivity contribution < 1.29 is 9.53 Å². The van der Waals surface area contributed by atoms with E-state index in [4.69, 9.17) is 4.74 Å². The first-order valence-electron chi connectivity index (χ1n) is 7.50. The zero-order valence-electron chi connectivity index (χ0n) is 13.4. The molecule has 2 rings (SSSR count). The van der Waals surface area contributed by atoms with E-state index < -0.39 is 0 Å². The Morgan fingerprint density at radius 2 is 2.00 bits per heavy atom. The van der Waals surface area contributed by atoms with Gasteiger partial charge in [0.2, 0.25) is 5.91 Å². The van der Waals surface area contributed by atoms with E-state index in [1.165, 1.54) is 19.3 Å². The van der Waals surface area contributed by atoms with Crippen molar-refractivity contribution in [1.29, 1.82) is 0 Å². The molecule has 1 aromatic rings. The number of aromatic nitrogens is 1. The van der Waals surface area contributed by atoms with Crippen LogP contribution in [0.1, 0.15) is 19.3 Å². The Morgan fingerprint density at radius 1 is 1.26 bits per heavy atom. The molecule has 0 aliphatic carbocycles. The molecule has 8 heteroatoms. The largest absolute Gasteiger partial charge is 0.383 e. The summed E-state index contributed by atoms with van der Waals surface area (Å²) < 4.78 is 4.90. The number of nitrogens with zero attached hydrogens (tertiary/aromatic N) is 2. The van der Waals surface area contributed by atoms with Crippen molar-refractivity contribution in [2.24, 2.45) is 0 Å². The van der Waals surface area contributed by atoms with Crippen LogP contribution in [-0.2, 0) is 9.53 Å². The number of methoxy groups -OCH3 is 1. The molecular formula is C15H26Cl2N4O2. The average Bonchev–Trinajstić information content (AvgIpc) is 2.53. The van der Waals surface area contributed by atoms with Crippen LogP contribution >= 0.6 is 24.8 Å². The van der Waals surface area contributed by atoms with Gasteiger partial charge in [0.25, 0.3) is 0 Å². The van der Waals surface area contributed by atoms with E-state index in [2.05, 4.69) is 20.5 Å². The van der Waals surface area contributed by atoms with Gasteiger partial charge in [-0.3, -0.25) is 4.79 Å². The number of piperidine rings is 1. The van der Waals surface area contributed by atoms with Crippen LogP contribution in [0.3, 0.4) is 0 Å². The smallest absolute Gasteiger partial charge is 0.239 e. The predicted octanol–water partition coefficient (Wildman–Crippen LogP) is 2.09. The van der Waals surface area contributed by atoms with Gasteiger partial charge in [-0.2, -0.15) is 0 Å². The molecule has 0 unspecified atom stereocenters. The van der Waals surface area contributed by atoms with Crippen LogP contribution in [-0.4, -0.2) is 50.8 Å². The first kappa shape index (κ1) is 21.9. The van der Waals surface area contributed by atoms with Crippen molar-refractivity contribution >= 4 is 42.2 Å². The van der Waals surface area contributed by atoms with Crippen molar-refractivity contribution in [1.82, 2.24) is 10.3 Å². The molecule has 6 nitrogen and oxygen atoms in total. The molecule has 2 N–H and O–H groups in total. The lowest BCUT2D eigenvalue weighted by Gasteiger charge is -2.28. The van der Waals surface area contributed by atoms with Crippen molar-refractivity contribution in [2.45, 2.75) is 19.3 Å². The first-order chi connectivity index (χ1) is 10.3. The third-order valence-electron chi connectivity index (χ3n) is 3.51. The quantitative estimate of drug-likeness (QED) is 0.725. The Hall–Kier alpha value is -1.08. The standard InChI is InChI=1S/C15H24N4O2.2ClH/c1-21-10-7-16-12-15(20)18-14-6-5-13(11-17-14)19-8-3-2-4-9-19;;/h5-6,11,16H,2-4,7-10,12H2,1H3,(H,17,18,20);2*1H. The van der Waals surface area contributed by atoms with Crippen LogP contribution in [0.4, 0.5) is 11.5 Å². The highest BCUT2D eigenvalue weighted by Crippen LogP contribution is 2.19. The fraction of sp³-hybridized carbons (Fsp3) is 0.600. The van der Waals surface area contributed by atoms with E-state index >= 15 is 0 Å². The van der Waals surface area contributed by atoms with Gasteiger partial charge in [0, 0.05) is 26.7 Å². The third kappa shape index (κ3) is 7.83. The summed E-state index contributed by atoms with van der Waals surface area (Å²) in [4.78, 5) is 18.4. The summed E-state index contributed by atoms with van der Waals surface area (Å²) in [5, 5.41) is 5.77. The zero-order chi connectivity index (χ0) is 14.9. The summed E-state index contributed by atoms with van der Waals surface area (Å²) in [5.41, 5.74) is 1.13. The highest BCUT2D eigenvalue weighted by atomic mass is 35.5. The second kappa shape index (κ2) is 12.4. The molecule has 0 radical (unpaired) electrons. The lowest BCUT2D eigenvalue weighted by molar-refractivity contribution is -0.115. The van der Waals surface area contributed by atoms with Gasteiger partial charge in [0.15, 0.2) is 0 Å². The molecule has 132 valence electrons. The maximum atomic E-state index is 11.7. The summed E-state index contributed by atoms with van der Waals surface area (Å²) in [5.74, 6) is 0.499. The molecule has 1 fully saturated rings. The summed E-state index contributed by atoms with van der Waals surface area (Å²) in [6.07, 6.45) is 5.63. The van der Waals surface area contributed by atoms with E-state index in [0.717, 1.165) is 18.8 Å². The molecular weight excluding hydrogens is 339 g/mol. The van der Waals surface area contributed by atoms with Gasteiger partial charge in [-0.05, 0) is 31.4 Å². The Morgan fingerprint density at radius 3 is 2.61 bits per heavy atom. The highest BCUT2D eigenvalue weighted by Gasteiger charge is 2.11. The van der Waals surface area contributed by atoms with Crippen LogP contribution in [0.25, 0.3) is 0 Å². The van der Waals surface area contributed by atoms with Crippen LogP contribution in [0.2, 0.25) is 0 Å². The Labute approximate surface area is 150 Å². The molecule has 1 amide bonds. The average molecular weight is 365 g/mol. The normalized spacial score (nSPS) is 13.7. The fourth-order valence-electron chi connectivity index (χ4n) is 2.36.